The average molecular weight is 399 g/mol. The van der Waals surface area contributed by atoms with Gasteiger partial charge >= 0.3 is 0 Å². The summed E-state index contributed by atoms with van der Waals surface area (Å²) in [5.41, 5.74) is 1.20. The van der Waals surface area contributed by atoms with Crippen LogP contribution in [0, 0.1) is 0 Å². The van der Waals surface area contributed by atoms with Crippen molar-refractivity contribution < 1.29 is 14.4 Å². The molecule has 0 aliphatic heterocycles. The second-order valence-electron chi connectivity index (χ2n) is 5.84. The number of thioether (sulfide) groups is 1. The summed E-state index contributed by atoms with van der Waals surface area (Å²) in [6.45, 7) is 0. The molecule has 27 heavy (non-hydrogen) atoms. The molecule has 0 heterocycles. The van der Waals surface area contributed by atoms with E-state index >= 15 is 0 Å². The molecule has 3 aromatic rings. The molecule has 2 N–H and O–H groups in total. The monoisotopic (exact) mass is 398 g/mol. The highest BCUT2D eigenvalue weighted by molar-refractivity contribution is 7.98. The van der Waals surface area contributed by atoms with E-state index < -0.39 is 27.7 Å². The number of hydrogen-bond donors (Lipinski definition) is 2. The molecule has 0 aliphatic rings. The second kappa shape index (κ2) is 8.88. The Morgan fingerprint density at radius 1 is 0.778 bits per heavy atom. The smallest absolute Gasteiger partial charge is 0.237 e. The predicted molar refractivity (Wildman–Crippen MR) is 109 cm³/mol. The van der Waals surface area contributed by atoms with Crippen molar-refractivity contribution in [3.8, 4) is 11.5 Å². The van der Waals surface area contributed by atoms with Gasteiger partial charge < -0.3 is 10.2 Å². The van der Waals surface area contributed by atoms with Gasteiger partial charge in [-0.05, 0) is 23.3 Å². The lowest BCUT2D eigenvalue weighted by Crippen LogP contribution is -2.00. The summed E-state index contributed by atoms with van der Waals surface area (Å²) < 4.78 is 12.7. The molecule has 0 aliphatic carbocycles. The van der Waals surface area contributed by atoms with Crippen LogP contribution in [0.25, 0.3) is 0 Å². The first-order chi connectivity index (χ1) is 13.1. The zero-order valence-electron chi connectivity index (χ0n) is 14.4. The highest BCUT2D eigenvalue weighted by Gasteiger charge is 2.17. The minimum atomic E-state index is -1.60. The Labute approximate surface area is 164 Å². The second-order valence-corrected chi connectivity index (χ2v) is 8.27. The van der Waals surface area contributed by atoms with Gasteiger partial charge in [0.1, 0.15) is 0 Å². The van der Waals surface area contributed by atoms with Gasteiger partial charge in [0.15, 0.2) is 5.75 Å². The average Bonchev–Trinajstić information content (AvgIpc) is 2.80. The maximum atomic E-state index is 12.7. The summed E-state index contributed by atoms with van der Waals surface area (Å²) in [5.74, 6) is -0.672. The van der Waals surface area contributed by atoms with Crippen LogP contribution < -0.4 is 5.43 Å². The van der Waals surface area contributed by atoms with Gasteiger partial charge in [0.05, 0.1) is 26.3 Å². The SMILES string of the molecule is O=c1c(SCc2ccccc2)ccc(S(=O)Cc2ccccc2)c(O)c1O. The lowest BCUT2D eigenvalue weighted by molar-refractivity contribution is 0.392. The fraction of sp³-hybridized carbons (Fsp3) is 0.0952. The van der Waals surface area contributed by atoms with Gasteiger partial charge in [0, 0.05) is 5.75 Å². The van der Waals surface area contributed by atoms with Crippen LogP contribution >= 0.6 is 11.8 Å². The standard InChI is InChI=1S/C21H18O4S2/c22-19-17(26-13-15-7-3-1-4-8-15)11-12-18(20(23)21(19)24)27(25)14-16-9-5-2-6-10-16/h1-12H,13-14H2,(H2,22,23,24). The Bertz CT molecular complexity index is 1010. The summed E-state index contributed by atoms with van der Waals surface area (Å²) in [5, 5.41) is 20.4. The zero-order chi connectivity index (χ0) is 19.2. The summed E-state index contributed by atoms with van der Waals surface area (Å²) in [6, 6.07) is 21.8. The molecule has 6 heteroatoms. The molecule has 4 nitrogen and oxygen atoms in total. The third kappa shape index (κ3) is 4.78. The van der Waals surface area contributed by atoms with Crippen LogP contribution in [0.3, 0.4) is 0 Å². The van der Waals surface area contributed by atoms with E-state index in [0.29, 0.717) is 5.75 Å². The molecule has 0 spiro atoms. The summed E-state index contributed by atoms with van der Waals surface area (Å²) in [7, 11) is -1.60. The van der Waals surface area contributed by atoms with Crippen LogP contribution in [0.15, 0.2) is 87.4 Å². The third-order valence-corrected chi connectivity index (χ3v) is 6.43. The molecule has 0 saturated heterocycles. The van der Waals surface area contributed by atoms with E-state index in [1.807, 2.05) is 60.7 Å². The summed E-state index contributed by atoms with van der Waals surface area (Å²) >= 11 is 1.26. The van der Waals surface area contributed by atoms with E-state index in [1.165, 1.54) is 23.9 Å². The molecular weight excluding hydrogens is 380 g/mol. The molecule has 138 valence electrons. The lowest BCUT2D eigenvalue weighted by atomic mass is 10.2. The molecule has 0 aromatic heterocycles. The maximum absolute atomic E-state index is 12.7. The third-order valence-electron chi connectivity index (χ3n) is 3.91. The van der Waals surface area contributed by atoms with Crippen LogP contribution in [0.4, 0.5) is 0 Å². The van der Waals surface area contributed by atoms with E-state index in [9.17, 15) is 19.2 Å². The van der Waals surface area contributed by atoms with Crippen molar-refractivity contribution in [3.05, 3.63) is 94.1 Å². The van der Waals surface area contributed by atoms with E-state index in [2.05, 4.69) is 0 Å². The molecular formula is C21H18O4S2. The van der Waals surface area contributed by atoms with Crippen LogP contribution in [-0.2, 0) is 22.3 Å². The molecule has 0 fully saturated rings. The molecule has 0 radical (unpaired) electrons. The topological polar surface area (TPSA) is 74.6 Å². The first-order valence-corrected chi connectivity index (χ1v) is 10.5. The fourth-order valence-corrected chi connectivity index (χ4v) is 4.57. The molecule has 0 saturated carbocycles. The van der Waals surface area contributed by atoms with Crippen LogP contribution in [0.1, 0.15) is 11.1 Å². The van der Waals surface area contributed by atoms with E-state index in [-0.39, 0.29) is 15.5 Å². The predicted octanol–water partition coefficient (Wildman–Crippen LogP) is 4.06. The van der Waals surface area contributed by atoms with Gasteiger partial charge in [0.25, 0.3) is 0 Å². The van der Waals surface area contributed by atoms with Gasteiger partial charge in [-0.2, -0.15) is 0 Å². The highest BCUT2D eigenvalue weighted by atomic mass is 32.2. The molecule has 0 amide bonds. The number of hydrogen-bond acceptors (Lipinski definition) is 5. The Kier molecular flexibility index (Phi) is 6.32. The number of rotatable bonds is 6. The maximum Gasteiger partial charge on any atom is 0.237 e. The van der Waals surface area contributed by atoms with Crippen molar-refractivity contribution in [1.82, 2.24) is 0 Å². The van der Waals surface area contributed by atoms with Crippen molar-refractivity contribution in [3.63, 3.8) is 0 Å². The molecule has 3 rings (SSSR count). The van der Waals surface area contributed by atoms with Crippen molar-refractivity contribution >= 4 is 22.6 Å². The Morgan fingerprint density at radius 3 is 2.00 bits per heavy atom. The van der Waals surface area contributed by atoms with Gasteiger partial charge in [-0.3, -0.25) is 9.00 Å². The fourth-order valence-electron chi connectivity index (χ4n) is 2.48. The van der Waals surface area contributed by atoms with Gasteiger partial charge in [0.2, 0.25) is 11.2 Å². The van der Waals surface area contributed by atoms with E-state index in [1.54, 1.807) is 0 Å². The normalized spacial score (nSPS) is 11.9. The van der Waals surface area contributed by atoms with E-state index in [4.69, 9.17) is 0 Å². The molecule has 1 atom stereocenters. The van der Waals surface area contributed by atoms with Gasteiger partial charge in [-0.25, -0.2) is 0 Å². The minimum absolute atomic E-state index is 0.0417. The van der Waals surface area contributed by atoms with Crippen LogP contribution in [0.2, 0.25) is 0 Å². The van der Waals surface area contributed by atoms with Gasteiger partial charge in [-0.15, -0.1) is 11.8 Å². The van der Waals surface area contributed by atoms with Crippen LogP contribution in [0.5, 0.6) is 11.5 Å². The first kappa shape index (κ1) is 19.2. The van der Waals surface area contributed by atoms with Crippen molar-refractivity contribution in [2.75, 3.05) is 0 Å². The lowest BCUT2D eigenvalue weighted by Gasteiger charge is -2.03. The van der Waals surface area contributed by atoms with Crippen LogP contribution in [-0.4, -0.2) is 14.4 Å². The number of aromatic hydroxyl groups is 2. The molecule has 3 aromatic carbocycles. The van der Waals surface area contributed by atoms with Crippen molar-refractivity contribution in [2.24, 2.45) is 0 Å². The zero-order valence-corrected chi connectivity index (χ0v) is 16.0. The summed E-state index contributed by atoms with van der Waals surface area (Å²) in [6.07, 6.45) is 0. The molecule has 0 bridgehead atoms. The highest BCUT2D eigenvalue weighted by Crippen LogP contribution is 2.31. The minimum Gasteiger partial charge on any atom is -0.503 e. The quantitative estimate of drug-likeness (QED) is 0.613. The van der Waals surface area contributed by atoms with Gasteiger partial charge in [-0.1, -0.05) is 60.7 Å². The summed E-state index contributed by atoms with van der Waals surface area (Å²) in [4.78, 5) is 12.7. The molecule has 1 unspecified atom stereocenters. The largest absolute Gasteiger partial charge is 0.503 e. The Balaban J connectivity index is 1.88. The first-order valence-electron chi connectivity index (χ1n) is 8.24. The van der Waals surface area contributed by atoms with Crippen molar-refractivity contribution in [2.45, 2.75) is 21.3 Å². The Morgan fingerprint density at radius 2 is 1.37 bits per heavy atom. The Hall–Kier alpha value is -2.57. The number of benzene rings is 2. The van der Waals surface area contributed by atoms with Crippen molar-refractivity contribution in [1.29, 1.82) is 0 Å². The van der Waals surface area contributed by atoms with E-state index in [0.717, 1.165) is 11.1 Å².